The Labute approximate surface area is 198 Å². The van der Waals surface area contributed by atoms with Gasteiger partial charge in [-0.15, -0.1) is 10.2 Å². The second-order valence-corrected chi connectivity index (χ2v) is 9.21. The summed E-state index contributed by atoms with van der Waals surface area (Å²) in [6, 6.07) is 15.4. The third kappa shape index (κ3) is 5.11. The number of nitrogens with zero attached hydrogens (tertiary/aromatic N) is 4. The van der Waals surface area contributed by atoms with Crippen molar-refractivity contribution in [2.45, 2.75) is 44.3 Å². The van der Waals surface area contributed by atoms with Crippen molar-refractivity contribution in [3.05, 3.63) is 71.0 Å². The molecule has 7 nitrogen and oxygen atoms in total. The van der Waals surface area contributed by atoms with Gasteiger partial charge in [-0.3, -0.25) is 9.59 Å². The number of aromatic nitrogens is 3. The summed E-state index contributed by atoms with van der Waals surface area (Å²) in [5.74, 6) is 0.930. The number of rotatable bonds is 7. The first-order chi connectivity index (χ1) is 16.0. The Hall–Kier alpha value is -3.13. The number of benzene rings is 2. The van der Waals surface area contributed by atoms with E-state index in [1.807, 2.05) is 72.0 Å². The van der Waals surface area contributed by atoms with Gasteiger partial charge in [0.2, 0.25) is 5.91 Å². The Morgan fingerprint density at radius 1 is 1.12 bits per heavy atom. The van der Waals surface area contributed by atoms with Gasteiger partial charge in [-0.05, 0) is 49.9 Å². The van der Waals surface area contributed by atoms with Gasteiger partial charge in [-0.2, -0.15) is 0 Å². The van der Waals surface area contributed by atoms with Gasteiger partial charge in [0.25, 0.3) is 5.91 Å². The average molecular weight is 464 g/mol. The number of amides is 2. The predicted octanol–water partition coefficient (Wildman–Crippen LogP) is 4.39. The Kier molecular flexibility index (Phi) is 7.13. The molecule has 2 amide bonds. The van der Waals surface area contributed by atoms with Crippen molar-refractivity contribution in [3.63, 3.8) is 0 Å². The number of hydrogen-bond donors (Lipinski definition) is 1. The fourth-order valence-electron chi connectivity index (χ4n) is 4.15. The molecule has 3 aromatic rings. The molecular weight excluding hydrogens is 434 g/mol. The van der Waals surface area contributed by atoms with Crippen LogP contribution in [0.15, 0.2) is 53.7 Å². The van der Waals surface area contributed by atoms with Gasteiger partial charge in [0.05, 0.1) is 11.8 Å². The highest BCUT2D eigenvalue weighted by Crippen LogP contribution is 2.33. The van der Waals surface area contributed by atoms with Gasteiger partial charge in [-0.1, -0.05) is 54.6 Å². The quantitative estimate of drug-likeness (QED) is 0.526. The molecule has 1 aromatic heterocycles. The van der Waals surface area contributed by atoms with Gasteiger partial charge >= 0.3 is 0 Å². The van der Waals surface area contributed by atoms with E-state index >= 15 is 0 Å². The highest BCUT2D eigenvalue weighted by Gasteiger charge is 2.34. The average Bonchev–Trinajstić information content (AvgIpc) is 3.44. The molecule has 33 heavy (non-hydrogen) atoms. The van der Waals surface area contributed by atoms with Crippen LogP contribution >= 0.6 is 11.8 Å². The molecule has 172 valence electrons. The van der Waals surface area contributed by atoms with Crippen molar-refractivity contribution in [1.29, 1.82) is 0 Å². The van der Waals surface area contributed by atoms with Crippen LogP contribution in [0.25, 0.3) is 0 Å². The fraction of sp³-hybridized carbons (Fsp3) is 0.360. The summed E-state index contributed by atoms with van der Waals surface area (Å²) in [6.07, 6.45) is 2.63. The number of nitrogens with one attached hydrogen (secondary N) is 1. The second-order valence-electron chi connectivity index (χ2n) is 8.27. The third-order valence-electron chi connectivity index (χ3n) is 5.98. The van der Waals surface area contributed by atoms with Crippen LogP contribution < -0.4 is 5.32 Å². The maximum Gasteiger partial charge on any atom is 0.254 e. The lowest BCUT2D eigenvalue weighted by atomic mass is 10.1. The van der Waals surface area contributed by atoms with Gasteiger partial charge in [-0.25, -0.2) is 0 Å². The minimum absolute atomic E-state index is 0.0173. The standard InChI is InChI=1S/C25H29N5O2S/c1-4-18-8-5-6-9-20(18)26-22(31)16-33-25-28-27-23(29(25)3)21-10-7-15-30(21)24(32)19-13-11-17(2)12-14-19/h5-6,8-9,11-14,21H,4,7,10,15-16H2,1-3H3,(H,26,31). The molecule has 1 aliphatic heterocycles. The highest BCUT2D eigenvalue weighted by molar-refractivity contribution is 7.99. The monoisotopic (exact) mass is 463 g/mol. The summed E-state index contributed by atoms with van der Waals surface area (Å²) in [7, 11) is 1.90. The maximum absolute atomic E-state index is 13.1. The van der Waals surface area contributed by atoms with Crippen LogP contribution in [-0.2, 0) is 18.3 Å². The molecule has 1 atom stereocenters. The predicted molar refractivity (Wildman–Crippen MR) is 130 cm³/mol. The number of carbonyl (C=O) groups excluding carboxylic acids is 2. The van der Waals surface area contributed by atoms with Crippen LogP contribution in [0.1, 0.15) is 53.1 Å². The highest BCUT2D eigenvalue weighted by atomic mass is 32.2. The van der Waals surface area contributed by atoms with Crippen LogP contribution in [0.2, 0.25) is 0 Å². The molecule has 1 aliphatic rings. The molecule has 1 N–H and O–H groups in total. The number of carbonyl (C=O) groups is 2. The van der Waals surface area contributed by atoms with E-state index in [1.165, 1.54) is 11.8 Å². The molecule has 2 aromatic carbocycles. The summed E-state index contributed by atoms with van der Waals surface area (Å²) < 4.78 is 1.91. The van der Waals surface area contributed by atoms with Crippen molar-refractivity contribution in [1.82, 2.24) is 19.7 Å². The molecule has 2 heterocycles. The zero-order valence-corrected chi connectivity index (χ0v) is 20.1. The largest absolute Gasteiger partial charge is 0.328 e. The molecule has 0 saturated carbocycles. The number of para-hydroxylation sites is 1. The molecule has 1 unspecified atom stereocenters. The number of anilines is 1. The molecule has 1 saturated heterocycles. The van der Waals surface area contributed by atoms with Crippen molar-refractivity contribution in [2.24, 2.45) is 7.05 Å². The van der Waals surface area contributed by atoms with Gasteiger partial charge in [0.15, 0.2) is 11.0 Å². The first-order valence-electron chi connectivity index (χ1n) is 11.3. The number of thioether (sulfide) groups is 1. The van der Waals surface area contributed by atoms with E-state index in [-0.39, 0.29) is 23.6 Å². The lowest BCUT2D eigenvalue weighted by molar-refractivity contribution is -0.113. The van der Waals surface area contributed by atoms with Gasteiger partial charge in [0.1, 0.15) is 0 Å². The van der Waals surface area contributed by atoms with E-state index in [1.54, 1.807) is 0 Å². The summed E-state index contributed by atoms with van der Waals surface area (Å²) in [5.41, 5.74) is 3.77. The van der Waals surface area contributed by atoms with Crippen molar-refractivity contribution in [2.75, 3.05) is 17.6 Å². The van der Waals surface area contributed by atoms with Crippen LogP contribution in [-0.4, -0.2) is 43.8 Å². The summed E-state index contributed by atoms with van der Waals surface area (Å²) in [6.45, 7) is 4.77. The van der Waals surface area contributed by atoms with Crippen molar-refractivity contribution < 1.29 is 9.59 Å². The molecular formula is C25H29N5O2S. The van der Waals surface area contributed by atoms with E-state index in [4.69, 9.17) is 0 Å². The summed E-state index contributed by atoms with van der Waals surface area (Å²) >= 11 is 1.35. The van der Waals surface area contributed by atoms with Gasteiger partial charge in [0, 0.05) is 24.8 Å². The molecule has 4 rings (SSSR count). The molecule has 0 radical (unpaired) electrons. The second kappa shape index (κ2) is 10.2. The SMILES string of the molecule is CCc1ccccc1NC(=O)CSc1nnc(C2CCCN2C(=O)c2ccc(C)cc2)n1C. The molecule has 0 aliphatic carbocycles. The van der Waals surface area contributed by atoms with Crippen LogP contribution in [0, 0.1) is 6.92 Å². The van der Waals surface area contributed by atoms with Gasteiger partial charge < -0.3 is 14.8 Å². The van der Waals surface area contributed by atoms with Crippen LogP contribution in [0.4, 0.5) is 5.69 Å². The molecule has 8 heteroatoms. The first-order valence-corrected chi connectivity index (χ1v) is 12.2. The zero-order valence-electron chi connectivity index (χ0n) is 19.2. The Morgan fingerprint density at radius 2 is 1.88 bits per heavy atom. The smallest absolute Gasteiger partial charge is 0.254 e. The van der Waals surface area contributed by atoms with E-state index in [2.05, 4.69) is 22.4 Å². The van der Waals surface area contributed by atoms with Crippen molar-refractivity contribution in [3.8, 4) is 0 Å². The van der Waals surface area contributed by atoms with E-state index < -0.39 is 0 Å². The van der Waals surface area contributed by atoms with E-state index in [0.717, 1.165) is 41.9 Å². The minimum Gasteiger partial charge on any atom is -0.328 e. The number of hydrogen-bond acceptors (Lipinski definition) is 5. The van der Waals surface area contributed by atoms with Crippen LogP contribution in [0.3, 0.4) is 0 Å². The Balaban J connectivity index is 1.42. The first kappa shape index (κ1) is 23.0. The summed E-state index contributed by atoms with van der Waals surface area (Å²) in [5, 5.41) is 12.4. The molecule has 0 bridgehead atoms. The normalized spacial score (nSPS) is 15.6. The third-order valence-corrected chi connectivity index (χ3v) is 7.00. The zero-order chi connectivity index (χ0) is 23.4. The minimum atomic E-state index is -0.115. The maximum atomic E-state index is 13.1. The Morgan fingerprint density at radius 3 is 2.64 bits per heavy atom. The lowest BCUT2D eigenvalue weighted by Gasteiger charge is -2.24. The lowest BCUT2D eigenvalue weighted by Crippen LogP contribution is -2.31. The topological polar surface area (TPSA) is 80.1 Å². The number of aryl methyl sites for hydroxylation is 2. The Bertz CT molecular complexity index is 1140. The fourth-order valence-corrected chi connectivity index (χ4v) is 4.87. The number of likely N-dealkylation sites (tertiary alicyclic amines) is 1. The van der Waals surface area contributed by atoms with Crippen LogP contribution in [0.5, 0.6) is 0 Å². The van der Waals surface area contributed by atoms with E-state index in [9.17, 15) is 9.59 Å². The summed E-state index contributed by atoms with van der Waals surface area (Å²) in [4.78, 5) is 27.5. The van der Waals surface area contributed by atoms with Crippen molar-refractivity contribution >= 4 is 29.3 Å². The van der Waals surface area contributed by atoms with E-state index in [0.29, 0.717) is 17.3 Å². The molecule has 0 spiro atoms. The molecule has 1 fully saturated rings.